The Morgan fingerprint density at radius 3 is 2.59 bits per heavy atom. The average molecular weight is 419 g/mol. The van der Waals surface area contributed by atoms with E-state index in [1.807, 2.05) is 6.07 Å². The molecular weight excluding hydrogens is 391 g/mol. The van der Waals surface area contributed by atoms with Gasteiger partial charge in [0.2, 0.25) is 0 Å². The summed E-state index contributed by atoms with van der Waals surface area (Å²) in [5.74, 6) is -2.76. The van der Waals surface area contributed by atoms with Crippen molar-refractivity contribution in [3.63, 3.8) is 0 Å². The van der Waals surface area contributed by atoms with Crippen molar-refractivity contribution in [3.8, 4) is 0 Å². The minimum Gasteiger partial charge on any atom is -0.475 e. The second-order valence-electron chi connectivity index (χ2n) is 6.85. The number of fused-ring (bicyclic) bond motifs is 1. The van der Waals surface area contributed by atoms with Crippen LogP contribution >= 0.6 is 0 Å². The summed E-state index contributed by atoms with van der Waals surface area (Å²) in [5.41, 5.74) is 1.24. The summed E-state index contributed by atoms with van der Waals surface area (Å²) in [6, 6.07) is 10.9. The Labute approximate surface area is 168 Å². The molecule has 9 heteroatoms. The maximum absolute atomic E-state index is 10.6. The molecule has 164 valence electrons. The lowest BCUT2D eigenvalue weighted by molar-refractivity contribution is -0.192. The Bertz CT molecular complexity index is 614. The number of piperidine rings is 1. The van der Waals surface area contributed by atoms with Gasteiger partial charge in [-0.05, 0) is 25.3 Å². The predicted octanol–water partition coefficient (Wildman–Crippen LogP) is 3.10. The van der Waals surface area contributed by atoms with Gasteiger partial charge in [-0.25, -0.2) is 4.79 Å². The second-order valence-corrected chi connectivity index (χ2v) is 6.85. The number of halogens is 3. The number of carboxylic acid groups (broad SMARTS) is 1. The third kappa shape index (κ3) is 7.58. The Balaban J connectivity index is 0.000000370. The molecule has 1 aromatic rings. The minimum absolute atomic E-state index is 0.253. The number of hydrogen-bond donors (Lipinski definition) is 1. The molecule has 1 aromatic carbocycles. The summed E-state index contributed by atoms with van der Waals surface area (Å²) in [4.78, 5) is 11.4. The third-order valence-electron chi connectivity index (χ3n) is 4.90. The number of benzene rings is 1. The number of ether oxygens (including phenoxy) is 3. The van der Waals surface area contributed by atoms with E-state index >= 15 is 0 Å². The van der Waals surface area contributed by atoms with Gasteiger partial charge in [0.15, 0.2) is 0 Å². The van der Waals surface area contributed by atoms with E-state index in [2.05, 4.69) is 36.1 Å². The Kier molecular flexibility index (Phi) is 9.35. The van der Waals surface area contributed by atoms with Crippen molar-refractivity contribution in [2.45, 2.75) is 50.8 Å². The average Bonchev–Trinajstić information content (AvgIpc) is 3.18. The monoisotopic (exact) mass is 419 g/mol. The van der Waals surface area contributed by atoms with Crippen LogP contribution in [0.2, 0.25) is 0 Å². The van der Waals surface area contributed by atoms with Crippen LogP contribution in [0.3, 0.4) is 0 Å². The number of carbonyl (C=O) groups is 1. The lowest BCUT2D eigenvalue weighted by Gasteiger charge is -2.40. The van der Waals surface area contributed by atoms with E-state index < -0.39 is 12.1 Å². The third-order valence-corrected chi connectivity index (χ3v) is 4.90. The van der Waals surface area contributed by atoms with Gasteiger partial charge in [-0.2, -0.15) is 13.2 Å². The molecule has 2 heterocycles. The van der Waals surface area contributed by atoms with Gasteiger partial charge in [-0.1, -0.05) is 30.3 Å². The highest BCUT2D eigenvalue weighted by Crippen LogP contribution is 2.30. The summed E-state index contributed by atoms with van der Waals surface area (Å²) in [6.45, 7) is 7.24. The smallest absolute Gasteiger partial charge is 0.475 e. The van der Waals surface area contributed by atoms with Gasteiger partial charge < -0.3 is 19.3 Å². The zero-order valence-corrected chi connectivity index (χ0v) is 16.4. The fraction of sp³-hybridized carbons (Fsp3) is 0.650. The molecule has 0 aliphatic carbocycles. The van der Waals surface area contributed by atoms with Crippen molar-refractivity contribution in [1.82, 2.24) is 4.90 Å². The van der Waals surface area contributed by atoms with Gasteiger partial charge in [0, 0.05) is 32.3 Å². The molecule has 29 heavy (non-hydrogen) atoms. The van der Waals surface area contributed by atoms with Crippen molar-refractivity contribution in [2.75, 3.05) is 32.9 Å². The van der Waals surface area contributed by atoms with E-state index in [-0.39, 0.29) is 12.2 Å². The molecule has 0 unspecified atom stereocenters. The van der Waals surface area contributed by atoms with Crippen LogP contribution in [0.25, 0.3) is 0 Å². The van der Waals surface area contributed by atoms with Crippen LogP contribution in [-0.4, -0.2) is 73.3 Å². The zero-order chi connectivity index (χ0) is 21.3. The molecule has 3 atom stereocenters. The molecule has 6 nitrogen and oxygen atoms in total. The molecule has 3 rings (SSSR count). The van der Waals surface area contributed by atoms with Crippen LogP contribution in [0.5, 0.6) is 0 Å². The molecule has 0 saturated carbocycles. The van der Waals surface area contributed by atoms with Crippen LogP contribution in [0, 0.1) is 0 Å². The van der Waals surface area contributed by atoms with Gasteiger partial charge >= 0.3 is 12.1 Å². The highest BCUT2D eigenvalue weighted by molar-refractivity contribution is 5.73. The summed E-state index contributed by atoms with van der Waals surface area (Å²) in [6.07, 6.45) is -2.37. The fourth-order valence-electron chi connectivity index (χ4n) is 3.58. The number of alkyl halides is 3. The maximum Gasteiger partial charge on any atom is 0.490 e. The van der Waals surface area contributed by atoms with Crippen LogP contribution in [0.15, 0.2) is 30.3 Å². The van der Waals surface area contributed by atoms with Crippen LogP contribution in [-0.2, 0) is 25.6 Å². The number of likely N-dealkylation sites (tertiary alicyclic amines) is 1. The molecule has 0 spiro atoms. The van der Waals surface area contributed by atoms with E-state index in [0.29, 0.717) is 12.6 Å². The quantitative estimate of drug-likeness (QED) is 0.685. The SMILES string of the molecule is CCO[C@@H]1CCN(CCOCc2ccccc2)[C@H]2CCO[C@H]12.O=C(O)C(F)(F)F. The summed E-state index contributed by atoms with van der Waals surface area (Å²) >= 11 is 0. The largest absolute Gasteiger partial charge is 0.490 e. The van der Waals surface area contributed by atoms with E-state index in [1.54, 1.807) is 0 Å². The van der Waals surface area contributed by atoms with Crippen molar-refractivity contribution in [2.24, 2.45) is 0 Å². The first-order valence-electron chi connectivity index (χ1n) is 9.72. The first-order valence-corrected chi connectivity index (χ1v) is 9.72. The van der Waals surface area contributed by atoms with Crippen LogP contribution in [0.1, 0.15) is 25.3 Å². The summed E-state index contributed by atoms with van der Waals surface area (Å²) in [5, 5.41) is 7.12. The van der Waals surface area contributed by atoms with Crippen LogP contribution in [0.4, 0.5) is 13.2 Å². The molecule has 0 radical (unpaired) electrons. The first-order chi connectivity index (χ1) is 13.8. The van der Waals surface area contributed by atoms with Crippen molar-refractivity contribution >= 4 is 5.97 Å². The van der Waals surface area contributed by atoms with Gasteiger partial charge in [-0.15, -0.1) is 0 Å². The molecule has 0 amide bonds. The maximum atomic E-state index is 10.6. The lowest BCUT2D eigenvalue weighted by Crippen LogP contribution is -2.54. The standard InChI is InChI=1S/C18H27NO3.C2HF3O2/c1-2-21-17-8-10-19(16-9-12-22-18(16)17)11-13-20-14-15-6-4-3-5-7-15;3-2(4,5)1(6)7/h3-7,16-18H,2,8-14H2,1H3;(H,6,7)/t16-,17+,18-;/m0./s1. The molecular formula is C20H28F3NO5. The Morgan fingerprint density at radius 2 is 1.97 bits per heavy atom. The molecule has 2 aliphatic heterocycles. The molecule has 2 fully saturated rings. The summed E-state index contributed by atoms with van der Waals surface area (Å²) in [7, 11) is 0. The molecule has 2 saturated heterocycles. The van der Waals surface area contributed by atoms with Gasteiger partial charge in [-0.3, -0.25) is 4.90 Å². The predicted molar refractivity (Wildman–Crippen MR) is 99.5 cm³/mol. The van der Waals surface area contributed by atoms with Crippen molar-refractivity contribution in [3.05, 3.63) is 35.9 Å². The van der Waals surface area contributed by atoms with Crippen molar-refractivity contribution in [1.29, 1.82) is 0 Å². The number of nitrogens with zero attached hydrogens (tertiary/aromatic N) is 1. The summed E-state index contributed by atoms with van der Waals surface area (Å²) < 4.78 is 49.3. The van der Waals surface area contributed by atoms with Crippen LogP contribution < -0.4 is 0 Å². The van der Waals surface area contributed by atoms with Gasteiger partial charge in [0.1, 0.15) is 0 Å². The first kappa shape index (κ1) is 23.6. The lowest BCUT2D eigenvalue weighted by atomic mass is 9.95. The molecule has 0 bridgehead atoms. The molecule has 2 aliphatic rings. The number of rotatable bonds is 7. The second kappa shape index (κ2) is 11.5. The highest BCUT2D eigenvalue weighted by atomic mass is 19.4. The Morgan fingerprint density at radius 1 is 1.28 bits per heavy atom. The zero-order valence-electron chi connectivity index (χ0n) is 16.4. The van der Waals surface area contributed by atoms with Crippen molar-refractivity contribution < 1.29 is 37.3 Å². The topological polar surface area (TPSA) is 68.2 Å². The fourth-order valence-corrected chi connectivity index (χ4v) is 3.58. The van der Waals surface area contributed by atoms with Gasteiger partial charge in [0.05, 0.1) is 25.4 Å². The number of carboxylic acids is 1. The van der Waals surface area contributed by atoms with Gasteiger partial charge in [0.25, 0.3) is 0 Å². The van der Waals surface area contributed by atoms with E-state index in [4.69, 9.17) is 24.1 Å². The molecule has 0 aromatic heterocycles. The number of aliphatic carboxylic acids is 1. The highest BCUT2D eigenvalue weighted by Gasteiger charge is 2.42. The minimum atomic E-state index is -5.08. The molecule has 1 N–H and O–H groups in total. The normalized spacial score (nSPS) is 24.5. The number of hydrogen-bond acceptors (Lipinski definition) is 5. The van der Waals surface area contributed by atoms with E-state index in [1.165, 1.54) is 5.56 Å². The Hall–Kier alpha value is -1.68. The van der Waals surface area contributed by atoms with E-state index in [0.717, 1.165) is 45.8 Å². The van der Waals surface area contributed by atoms with E-state index in [9.17, 15) is 13.2 Å².